The lowest BCUT2D eigenvalue weighted by molar-refractivity contribution is 0.0690. The van der Waals surface area contributed by atoms with Gasteiger partial charge in [-0.05, 0) is 29.7 Å². The SMILES string of the molecule is C#COC(=O)c1ccccc1C.c1cc2ccc1-2. The van der Waals surface area contributed by atoms with Crippen LogP contribution in [0.25, 0.3) is 11.1 Å². The summed E-state index contributed by atoms with van der Waals surface area (Å²) in [6.45, 7) is 1.83. The highest BCUT2D eigenvalue weighted by atomic mass is 16.5. The molecule has 0 aliphatic heterocycles. The molecule has 2 aliphatic carbocycles. The van der Waals surface area contributed by atoms with Crippen LogP contribution in [0.1, 0.15) is 15.9 Å². The van der Waals surface area contributed by atoms with Crippen molar-refractivity contribution < 1.29 is 9.53 Å². The Hall–Kier alpha value is -2.53. The number of fused-ring (bicyclic) bond motifs is 1. The molecule has 0 bridgehead atoms. The lowest BCUT2D eigenvalue weighted by Gasteiger charge is -2.10. The second-order valence-corrected chi connectivity index (χ2v) is 3.90. The Morgan fingerprint density at radius 2 is 1.61 bits per heavy atom. The second-order valence-electron chi connectivity index (χ2n) is 3.90. The van der Waals surface area contributed by atoms with Crippen LogP contribution in [0.15, 0.2) is 48.5 Å². The summed E-state index contributed by atoms with van der Waals surface area (Å²) >= 11 is 0. The maximum atomic E-state index is 11.1. The van der Waals surface area contributed by atoms with E-state index in [1.54, 1.807) is 12.1 Å². The maximum Gasteiger partial charge on any atom is 0.352 e. The third-order valence-electron chi connectivity index (χ3n) is 2.73. The predicted octanol–water partition coefficient (Wildman–Crippen LogP) is 3.41. The first-order chi connectivity index (χ1) is 8.72. The van der Waals surface area contributed by atoms with Crippen molar-refractivity contribution in [1.29, 1.82) is 0 Å². The molecule has 0 saturated heterocycles. The van der Waals surface area contributed by atoms with Crippen LogP contribution in [-0.4, -0.2) is 5.97 Å². The molecule has 0 aromatic heterocycles. The van der Waals surface area contributed by atoms with E-state index in [-0.39, 0.29) is 0 Å². The van der Waals surface area contributed by atoms with Gasteiger partial charge < -0.3 is 4.74 Å². The van der Waals surface area contributed by atoms with Gasteiger partial charge in [-0.2, -0.15) is 0 Å². The van der Waals surface area contributed by atoms with Crippen LogP contribution in [0, 0.1) is 19.5 Å². The molecule has 1 aromatic carbocycles. The van der Waals surface area contributed by atoms with Gasteiger partial charge in [-0.15, -0.1) is 0 Å². The van der Waals surface area contributed by atoms with E-state index in [0.717, 1.165) is 5.56 Å². The fraction of sp³-hybridized carbons (Fsp3) is 0.0625. The molecule has 0 saturated carbocycles. The monoisotopic (exact) mass is 236 g/mol. The summed E-state index contributed by atoms with van der Waals surface area (Å²) in [4.78, 5) is 11.1. The number of terminal acetylenes is 1. The van der Waals surface area contributed by atoms with Gasteiger partial charge in [0.05, 0.1) is 5.56 Å². The summed E-state index contributed by atoms with van der Waals surface area (Å²) in [6.07, 6.45) is 6.67. The Morgan fingerprint density at radius 1 is 1.06 bits per heavy atom. The number of hydrogen-bond acceptors (Lipinski definition) is 2. The Bertz CT molecular complexity index is 583. The Balaban J connectivity index is 0.000000164. The van der Waals surface area contributed by atoms with E-state index in [4.69, 9.17) is 6.42 Å². The number of esters is 1. The predicted molar refractivity (Wildman–Crippen MR) is 70.9 cm³/mol. The zero-order chi connectivity index (χ0) is 13.0. The standard InChI is InChI=1S/C10H8O2.C6H4/c1-3-12-10(11)9-7-5-4-6-8(9)2;1-2-6-4-3-5(1)6/h1,4-7H,2H3;1-4H. The van der Waals surface area contributed by atoms with Crippen molar-refractivity contribution in [3.63, 3.8) is 0 Å². The summed E-state index contributed by atoms with van der Waals surface area (Å²) in [7, 11) is 0. The highest BCUT2D eigenvalue weighted by Crippen LogP contribution is 2.29. The molecule has 0 unspecified atom stereocenters. The molecule has 0 spiro atoms. The molecule has 1 aromatic rings. The van der Waals surface area contributed by atoms with Crippen LogP contribution >= 0.6 is 0 Å². The molecular weight excluding hydrogens is 224 g/mol. The molecule has 0 radical (unpaired) electrons. The van der Waals surface area contributed by atoms with Crippen LogP contribution in [0.4, 0.5) is 0 Å². The normalized spacial score (nSPS) is 9.56. The largest absolute Gasteiger partial charge is 0.369 e. The summed E-state index contributed by atoms with van der Waals surface area (Å²) in [5, 5.41) is 0. The highest BCUT2D eigenvalue weighted by molar-refractivity contribution is 5.91. The van der Waals surface area contributed by atoms with Gasteiger partial charge in [-0.1, -0.05) is 48.9 Å². The van der Waals surface area contributed by atoms with Crippen molar-refractivity contribution in [3.8, 4) is 23.7 Å². The Kier molecular flexibility index (Phi) is 3.45. The van der Waals surface area contributed by atoms with Crippen LogP contribution in [0.2, 0.25) is 0 Å². The molecule has 2 heteroatoms. The van der Waals surface area contributed by atoms with Gasteiger partial charge >= 0.3 is 5.97 Å². The van der Waals surface area contributed by atoms with E-state index in [1.807, 2.05) is 25.2 Å². The van der Waals surface area contributed by atoms with Crippen molar-refractivity contribution in [2.24, 2.45) is 0 Å². The summed E-state index contributed by atoms with van der Waals surface area (Å²) in [5.41, 5.74) is 4.22. The zero-order valence-corrected chi connectivity index (χ0v) is 10.0. The van der Waals surface area contributed by atoms with E-state index < -0.39 is 5.97 Å². The number of ether oxygens (including phenoxy) is 1. The van der Waals surface area contributed by atoms with E-state index in [2.05, 4.69) is 29.0 Å². The van der Waals surface area contributed by atoms with Crippen molar-refractivity contribution in [3.05, 3.63) is 59.7 Å². The molecular formula is C16H12O2. The average Bonchev–Trinajstić information content (AvgIpc) is 2.35. The average molecular weight is 236 g/mol. The summed E-state index contributed by atoms with van der Waals surface area (Å²) < 4.78 is 4.40. The van der Waals surface area contributed by atoms with Gasteiger partial charge in [0.1, 0.15) is 6.11 Å². The number of carbonyl (C=O) groups is 1. The first-order valence-corrected chi connectivity index (χ1v) is 5.55. The Morgan fingerprint density at radius 3 is 2.00 bits per heavy atom. The third kappa shape index (κ3) is 2.41. The molecule has 2 aliphatic rings. The number of aryl methyl sites for hydroxylation is 1. The minimum absolute atomic E-state index is 0.476. The van der Waals surface area contributed by atoms with E-state index in [0.29, 0.717) is 5.56 Å². The van der Waals surface area contributed by atoms with E-state index in [1.165, 1.54) is 11.1 Å². The van der Waals surface area contributed by atoms with Gasteiger partial charge in [-0.3, -0.25) is 0 Å². The summed E-state index contributed by atoms with van der Waals surface area (Å²) in [6, 6.07) is 15.6. The number of carbonyl (C=O) groups excluding carboxylic acids is 1. The molecule has 0 atom stereocenters. The van der Waals surface area contributed by atoms with Gasteiger partial charge in [0.15, 0.2) is 0 Å². The van der Waals surface area contributed by atoms with Crippen LogP contribution in [0.5, 0.6) is 0 Å². The zero-order valence-electron chi connectivity index (χ0n) is 10.0. The van der Waals surface area contributed by atoms with E-state index in [9.17, 15) is 4.79 Å². The van der Waals surface area contributed by atoms with Crippen molar-refractivity contribution in [2.45, 2.75) is 6.92 Å². The van der Waals surface area contributed by atoms with Crippen molar-refractivity contribution in [1.82, 2.24) is 0 Å². The van der Waals surface area contributed by atoms with Crippen LogP contribution < -0.4 is 0 Å². The first-order valence-electron chi connectivity index (χ1n) is 5.55. The minimum atomic E-state index is -0.476. The molecule has 0 N–H and O–H groups in total. The van der Waals surface area contributed by atoms with Gasteiger partial charge in [0.25, 0.3) is 0 Å². The quantitative estimate of drug-likeness (QED) is 0.478. The third-order valence-corrected chi connectivity index (χ3v) is 2.73. The molecule has 0 amide bonds. The number of hydrogen-bond donors (Lipinski definition) is 0. The molecule has 2 nitrogen and oxygen atoms in total. The molecule has 3 rings (SSSR count). The highest BCUT2D eigenvalue weighted by Gasteiger charge is 2.07. The molecule has 18 heavy (non-hydrogen) atoms. The molecule has 88 valence electrons. The van der Waals surface area contributed by atoms with E-state index >= 15 is 0 Å². The fourth-order valence-corrected chi connectivity index (χ4v) is 1.57. The fourth-order valence-electron chi connectivity index (χ4n) is 1.57. The van der Waals surface area contributed by atoms with Crippen LogP contribution in [0.3, 0.4) is 0 Å². The van der Waals surface area contributed by atoms with Gasteiger partial charge in [0, 0.05) is 0 Å². The topological polar surface area (TPSA) is 26.3 Å². The lowest BCUT2D eigenvalue weighted by Crippen LogP contribution is -2.02. The van der Waals surface area contributed by atoms with Crippen LogP contribution in [-0.2, 0) is 4.74 Å². The Labute approximate surface area is 106 Å². The van der Waals surface area contributed by atoms with Crippen molar-refractivity contribution >= 4 is 5.97 Å². The van der Waals surface area contributed by atoms with Gasteiger partial charge in [0.2, 0.25) is 0 Å². The summed E-state index contributed by atoms with van der Waals surface area (Å²) in [5.74, 6) is -0.476. The molecule has 0 fully saturated rings. The number of benzene rings is 2. The first kappa shape index (κ1) is 11.9. The molecule has 0 heterocycles. The maximum absolute atomic E-state index is 11.1. The van der Waals surface area contributed by atoms with Gasteiger partial charge in [-0.25, -0.2) is 4.79 Å². The minimum Gasteiger partial charge on any atom is -0.369 e. The smallest absolute Gasteiger partial charge is 0.352 e. The second kappa shape index (κ2) is 5.20. The van der Waals surface area contributed by atoms with Crippen molar-refractivity contribution in [2.75, 3.05) is 0 Å². The number of rotatable bonds is 1. The lowest BCUT2D eigenvalue weighted by atomic mass is 9.95.